The Morgan fingerprint density at radius 1 is 1.47 bits per heavy atom. The van der Waals surface area contributed by atoms with E-state index in [0.717, 1.165) is 18.4 Å². The largest absolute Gasteiger partial charge is 0.323 e. The first kappa shape index (κ1) is 14.0. The van der Waals surface area contributed by atoms with E-state index in [4.69, 9.17) is 11.6 Å². The zero-order chi connectivity index (χ0) is 13.7. The van der Waals surface area contributed by atoms with Crippen molar-refractivity contribution in [3.63, 3.8) is 0 Å². The number of anilines is 1. The number of hydrogen-bond acceptors (Lipinski definition) is 3. The third kappa shape index (κ3) is 4.04. The Balaban J connectivity index is 1.84. The molecule has 2 heterocycles. The Hall–Kier alpha value is -1.39. The van der Waals surface area contributed by atoms with E-state index >= 15 is 0 Å². The normalized spacial score (nSPS) is 10.4. The molecule has 1 N–H and O–H groups in total. The van der Waals surface area contributed by atoms with Crippen LogP contribution in [-0.2, 0) is 11.2 Å². The first-order chi connectivity index (χ1) is 9.16. The molecule has 100 valence electrons. The van der Waals surface area contributed by atoms with E-state index in [0.29, 0.717) is 17.3 Å². The van der Waals surface area contributed by atoms with Gasteiger partial charge in [0.05, 0.1) is 5.69 Å². The highest BCUT2D eigenvalue weighted by atomic mass is 35.5. The van der Waals surface area contributed by atoms with Gasteiger partial charge in [-0.1, -0.05) is 17.7 Å². The van der Waals surface area contributed by atoms with Gasteiger partial charge in [-0.15, -0.1) is 11.3 Å². The summed E-state index contributed by atoms with van der Waals surface area (Å²) >= 11 is 7.69. The van der Waals surface area contributed by atoms with Gasteiger partial charge in [0.2, 0.25) is 5.91 Å². The lowest BCUT2D eigenvalue weighted by atomic mass is 10.2. The van der Waals surface area contributed by atoms with E-state index in [1.54, 1.807) is 17.5 Å². The number of rotatable bonds is 5. The summed E-state index contributed by atoms with van der Waals surface area (Å²) in [6.07, 6.45) is 3.89. The molecule has 0 saturated heterocycles. The predicted molar refractivity (Wildman–Crippen MR) is 79.9 cm³/mol. The van der Waals surface area contributed by atoms with Crippen LogP contribution in [0.15, 0.2) is 29.8 Å². The van der Waals surface area contributed by atoms with Gasteiger partial charge >= 0.3 is 0 Å². The molecule has 0 aliphatic rings. The standard InChI is InChI=1S/C14H15ClN2OS/c1-10-7-8-16-14(15)13(10)17-12(18)6-2-4-11-5-3-9-19-11/h3,5,7-9H,2,4,6H2,1H3,(H,17,18). The highest BCUT2D eigenvalue weighted by Crippen LogP contribution is 2.23. The summed E-state index contributed by atoms with van der Waals surface area (Å²) in [4.78, 5) is 17.1. The minimum atomic E-state index is -0.0189. The van der Waals surface area contributed by atoms with Crippen LogP contribution in [-0.4, -0.2) is 10.9 Å². The number of aromatic nitrogens is 1. The maximum absolute atomic E-state index is 11.9. The fourth-order valence-electron chi connectivity index (χ4n) is 1.76. The summed E-state index contributed by atoms with van der Waals surface area (Å²) in [7, 11) is 0. The van der Waals surface area contributed by atoms with Crippen LogP contribution in [0.2, 0.25) is 5.15 Å². The maximum Gasteiger partial charge on any atom is 0.224 e. The smallest absolute Gasteiger partial charge is 0.224 e. The van der Waals surface area contributed by atoms with Crippen molar-refractivity contribution in [3.05, 3.63) is 45.4 Å². The summed E-state index contributed by atoms with van der Waals surface area (Å²) in [5.41, 5.74) is 1.54. The molecule has 2 rings (SSSR count). The Morgan fingerprint density at radius 2 is 2.32 bits per heavy atom. The Kier molecular flexibility index (Phi) is 4.93. The molecule has 0 saturated carbocycles. The SMILES string of the molecule is Cc1ccnc(Cl)c1NC(=O)CCCc1cccs1. The molecule has 0 unspecified atom stereocenters. The highest BCUT2D eigenvalue weighted by molar-refractivity contribution is 7.09. The van der Waals surface area contributed by atoms with Crippen molar-refractivity contribution in [2.45, 2.75) is 26.2 Å². The first-order valence-corrected chi connectivity index (χ1v) is 7.36. The Bertz CT molecular complexity index is 534. The van der Waals surface area contributed by atoms with Gasteiger partial charge in [-0.2, -0.15) is 0 Å². The molecule has 0 aromatic carbocycles. The molecule has 2 aromatic rings. The van der Waals surface area contributed by atoms with Crippen LogP contribution in [0.5, 0.6) is 0 Å². The number of amides is 1. The summed E-state index contributed by atoms with van der Waals surface area (Å²) in [5.74, 6) is -0.0189. The third-order valence-electron chi connectivity index (χ3n) is 2.78. The van der Waals surface area contributed by atoms with Crippen molar-refractivity contribution in [2.24, 2.45) is 0 Å². The molecule has 2 aromatic heterocycles. The van der Waals surface area contributed by atoms with Gasteiger partial charge in [0.15, 0.2) is 5.15 Å². The zero-order valence-electron chi connectivity index (χ0n) is 10.6. The number of carbonyl (C=O) groups is 1. The van der Waals surface area contributed by atoms with E-state index in [2.05, 4.69) is 16.4 Å². The van der Waals surface area contributed by atoms with Crippen molar-refractivity contribution in [1.82, 2.24) is 4.98 Å². The molecule has 0 aliphatic carbocycles. The first-order valence-electron chi connectivity index (χ1n) is 6.10. The molecular weight excluding hydrogens is 280 g/mol. The quantitative estimate of drug-likeness (QED) is 0.845. The Labute approximate surface area is 121 Å². The van der Waals surface area contributed by atoms with Gasteiger partial charge in [0.25, 0.3) is 0 Å². The predicted octanol–water partition coefficient (Wildman–Crippen LogP) is 4.07. The van der Waals surface area contributed by atoms with Crippen molar-refractivity contribution in [1.29, 1.82) is 0 Å². The lowest BCUT2D eigenvalue weighted by molar-refractivity contribution is -0.116. The molecule has 5 heteroatoms. The minimum absolute atomic E-state index is 0.0189. The maximum atomic E-state index is 11.9. The third-order valence-corrected chi connectivity index (χ3v) is 4.01. The van der Waals surface area contributed by atoms with Crippen LogP contribution in [0.25, 0.3) is 0 Å². The summed E-state index contributed by atoms with van der Waals surface area (Å²) in [5, 5.41) is 5.22. The van der Waals surface area contributed by atoms with Gasteiger partial charge in [-0.05, 0) is 42.8 Å². The second-order valence-electron chi connectivity index (χ2n) is 4.27. The molecule has 0 bridgehead atoms. The molecular formula is C14H15ClN2OS. The molecule has 0 radical (unpaired) electrons. The van der Waals surface area contributed by atoms with Crippen LogP contribution in [0, 0.1) is 6.92 Å². The number of halogens is 1. The van der Waals surface area contributed by atoms with E-state index in [-0.39, 0.29) is 5.91 Å². The van der Waals surface area contributed by atoms with Crippen LogP contribution in [0.3, 0.4) is 0 Å². The fourth-order valence-corrected chi connectivity index (χ4v) is 2.76. The number of aryl methyl sites for hydroxylation is 2. The van der Waals surface area contributed by atoms with E-state index in [1.807, 2.05) is 24.4 Å². The molecule has 0 fully saturated rings. The Morgan fingerprint density at radius 3 is 3.00 bits per heavy atom. The van der Waals surface area contributed by atoms with E-state index < -0.39 is 0 Å². The van der Waals surface area contributed by atoms with Gasteiger partial charge in [-0.25, -0.2) is 4.98 Å². The van der Waals surface area contributed by atoms with Gasteiger partial charge in [0.1, 0.15) is 0 Å². The molecule has 1 amide bonds. The van der Waals surface area contributed by atoms with Crippen LogP contribution < -0.4 is 5.32 Å². The average Bonchev–Trinajstić information content (AvgIpc) is 2.87. The lowest BCUT2D eigenvalue weighted by Gasteiger charge is -2.09. The molecule has 0 aliphatic heterocycles. The number of carbonyl (C=O) groups excluding carboxylic acids is 1. The molecule has 0 spiro atoms. The fraction of sp³-hybridized carbons (Fsp3) is 0.286. The zero-order valence-corrected chi connectivity index (χ0v) is 12.2. The van der Waals surface area contributed by atoms with Gasteiger partial charge < -0.3 is 5.32 Å². The summed E-state index contributed by atoms with van der Waals surface area (Å²) < 4.78 is 0. The van der Waals surface area contributed by atoms with Crippen LogP contribution in [0.4, 0.5) is 5.69 Å². The van der Waals surface area contributed by atoms with Crippen molar-refractivity contribution in [3.8, 4) is 0 Å². The number of nitrogens with one attached hydrogen (secondary N) is 1. The van der Waals surface area contributed by atoms with Crippen molar-refractivity contribution in [2.75, 3.05) is 5.32 Å². The second-order valence-corrected chi connectivity index (χ2v) is 5.67. The summed E-state index contributed by atoms with van der Waals surface area (Å²) in [6, 6.07) is 5.94. The number of pyridine rings is 1. The number of thiophene rings is 1. The van der Waals surface area contributed by atoms with Crippen LogP contribution >= 0.6 is 22.9 Å². The monoisotopic (exact) mass is 294 g/mol. The topological polar surface area (TPSA) is 42.0 Å². The second kappa shape index (κ2) is 6.68. The summed E-state index contributed by atoms with van der Waals surface area (Å²) in [6.45, 7) is 1.90. The number of hydrogen-bond donors (Lipinski definition) is 1. The van der Waals surface area contributed by atoms with E-state index in [1.165, 1.54) is 4.88 Å². The van der Waals surface area contributed by atoms with E-state index in [9.17, 15) is 4.79 Å². The van der Waals surface area contributed by atoms with Gasteiger partial charge in [0, 0.05) is 17.5 Å². The van der Waals surface area contributed by atoms with Crippen molar-refractivity contribution < 1.29 is 4.79 Å². The average molecular weight is 295 g/mol. The molecule has 3 nitrogen and oxygen atoms in total. The number of nitrogens with zero attached hydrogens (tertiary/aromatic N) is 1. The van der Waals surface area contributed by atoms with Crippen LogP contribution in [0.1, 0.15) is 23.3 Å². The minimum Gasteiger partial charge on any atom is -0.323 e. The highest BCUT2D eigenvalue weighted by Gasteiger charge is 2.09. The molecule has 0 atom stereocenters. The lowest BCUT2D eigenvalue weighted by Crippen LogP contribution is -2.13. The molecule has 19 heavy (non-hydrogen) atoms. The van der Waals surface area contributed by atoms with Gasteiger partial charge in [-0.3, -0.25) is 4.79 Å². The van der Waals surface area contributed by atoms with Crippen molar-refractivity contribution >= 4 is 34.5 Å².